The van der Waals surface area contributed by atoms with E-state index in [2.05, 4.69) is 46.4 Å². The summed E-state index contributed by atoms with van der Waals surface area (Å²) in [5, 5.41) is 13.7. The number of nitrogens with one attached hydrogen (secondary N) is 1. The second-order valence-electron chi connectivity index (χ2n) is 5.98. The molecule has 1 aliphatic rings. The van der Waals surface area contributed by atoms with Gasteiger partial charge in [0, 0.05) is 17.1 Å². The molecule has 0 aliphatic heterocycles. The topological polar surface area (TPSA) is 32.3 Å². The maximum atomic E-state index is 10.2. The van der Waals surface area contributed by atoms with Gasteiger partial charge in [0.05, 0.1) is 5.60 Å². The predicted octanol–water partition coefficient (Wildman–Crippen LogP) is 3.45. The van der Waals surface area contributed by atoms with Gasteiger partial charge in [0.15, 0.2) is 0 Å². The first kappa shape index (κ1) is 15.0. The van der Waals surface area contributed by atoms with Crippen LogP contribution in [0.4, 0.5) is 0 Å². The fourth-order valence-electron chi connectivity index (χ4n) is 2.89. The van der Waals surface area contributed by atoms with Gasteiger partial charge < -0.3 is 10.4 Å². The average Bonchev–Trinajstić information content (AvgIpc) is 2.36. The van der Waals surface area contributed by atoms with Gasteiger partial charge in [0.25, 0.3) is 0 Å². The Morgan fingerprint density at radius 1 is 1.42 bits per heavy atom. The number of benzene rings is 1. The third-order valence-corrected chi connectivity index (χ3v) is 4.45. The van der Waals surface area contributed by atoms with Crippen molar-refractivity contribution in [1.29, 1.82) is 0 Å². The maximum absolute atomic E-state index is 10.2. The molecule has 1 aliphatic carbocycles. The van der Waals surface area contributed by atoms with Crippen molar-refractivity contribution < 1.29 is 5.11 Å². The van der Waals surface area contributed by atoms with E-state index in [9.17, 15) is 5.11 Å². The quantitative estimate of drug-likeness (QED) is 0.869. The van der Waals surface area contributed by atoms with E-state index in [4.69, 9.17) is 0 Å². The van der Waals surface area contributed by atoms with Gasteiger partial charge in [-0.25, -0.2) is 0 Å². The lowest BCUT2D eigenvalue weighted by molar-refractivity contribution is 0.0466. The fraction of sp³-hybridized carbons (Fsp3) is 0.625. The van der Waals surface area contributed by atoms with Gasteiger partial charge in [-0.05, 0) is 55.9 Å². The molecule has 0 amide bonds. The summed E-state index contributed by atoms with van der Waals surface area (Å²) in [7, 11) is 0. The normalized spacial score (nSPS) is 21.8. The van der Waals surface area contributed by atoms with E-state index in [1.54, 1.807) is 0 Å². The van der Waals surface area contributed by atoms with Crippen LogP contribution >= 0.6 is 15.9 Å². The van der Waals surface area contributed by atoms with Gasteiger partial charge in [-0.2, -0.15) is 0 Å². The molecule has 0 spiro atoms. The Morgan fingerprint density at radius 3 is 2.95 bits per heavy atom. The molecule has 0 aromatic heterocycles. The lowest BCUT2D eigenvalue weighted by atomic mass is 9.88. The lowest BCUT2D eigenvalue weighted by Crippen LogP contribution is -2.44. The van der Waals surface area contributed by atoms with E-state index < -0.39 is 5.60 Å². The highest BCUT2D eigenvalue weighted by molar-refractivity contribution is 9.10. The van der Waals surface area contributed by atoms with Crippen LogP contribution in [0, 0.1) is 0 Å². The number of aliphatic hydroxyl groups is 1. The van der Waals surface area contributed by atoms with Crippen LogP contribution < -0.4 is 5.32 Å². The highest BCUT2D eigenvalue weighted by atomic mass is 79.9. The summed E-state index contributed by atoms with van der Waals surface area (Å²) in [6.07, 6.45) is 5.24. The SMILES string of the molecule is CCCC(C)(O)CNC1CCc2cc(Br)ccc2C1. The molecule has 106 valence electrons. The Morgan fingerprint density at radius 2 is 2.21 bits per heavy atom. The lowest BCUT2D eigenvalue weighted by Gasteiger charge is -2.30. The van der Waals surface area contributed by atoms with Crippen LogP contribution in [0.15, 0.2) is 22.7 Å². The second-order valence-corrected chi connectivity index (χ2v) is 6.90. The van der Waals surface area contributed by atoms with E-state index in [1.807, 2.05) is 6.92 Å². The standard InChI is InChI=1S/C16H24BrNO/c1-3-8-16(2,19)11-18-15-7-5-12-9-14(17)6-4-13(12)10-15/h4,6,9,15,18-19H,3,5,7-8,10-11H2,1-2H3. The van der Waals surface area contributed by atoms with Crippen molar-refractivity contribution in [2.75, 3.05) is 6.54 Å². The zero-order valence-electron chi connectivity index (χ0n) is 11.9. The second kappa shape index (κ2) is 6.38. The van der Waals surface area contributed by atoms with Gasteiger partial charge in [-0.3, -0.25) is 0 Å². The zero-order valence-corrected chi connectivity index (χ0v) is 13.5. The summed E-state index contributed by atoms with van der Waals surface area (Å²) in [5.74, 6) is 0. The molecule has 2 atom stereocenters. The molecule has 1 aromatic rings. The van der Waals surface area contributed by atoms with Gasteiger partial charge in [0.1, 0.15) is 0 Å². The number of halogens is 1. The Kier molecular flexibility index (Phi) is 5.04. The largest absolute Gasteiger partial charge is 0.389 e. The van der Waals surface area contributed by atoms with Crippen LogP contribution in [-0.4, -0.2) is 23.3 Å². The molecule has 0 saturated carbocycles. The highest BCUT2D eigenvalue weighted by Crippen LogP contribution is 2.25. The minimum absolute atomic E-state index is 0.497. The average molecular weight is 326 g/mol. The maximum Gasteiger partial charge on any atom is 0.0743 e. The van der Waals surface area contributed by atoms with Gasteiger partial charge in [0.2, 0.25) is 0 Å². The Labute approximate surface area is 124 Å². The van der Waals surface area contributed by atoms with Crippen molar-refractivity contribution in [3.8, 4) is 0 Å². The number of fused-ring (bicyclic) bond motifs is 1. The van der Waals surface area contributed by atoms with Crippen LogP contribution in [0.3, 0.4) is 0 Å². The molecule has 0 saturated heterocycles. The molecule has 0 bridgehead atoms. The predicted molar refractivity (Wildman–Crippen MR) is 83.5 cm³/mol. The third-order valence-electron chi connectivity index (χ3n) is 3.96. The molecule has 19 heavy (non-hydrogen) atoms. The smallest absolute Gasteiger partial charge is 0.0743 e. The van der Waals surface area contributed by atoms with Crippen LogP contribution in [-0.2, 0) is 12.8 Å². The molecule has 1 aromatic carbocycles. The minimum Gasteiger partial charge on any atom is -0.389 e. The van der Waals surface area contributed by atoms with Crippen molar-refractivity contribution >= 4 is 15.9 Å². The number of hydrogen-bond acceptors (Lipinski definition) is 2. The summed E-state index contributed by atoms with van der Waals surface area (Å²) in [4.78, 5) is 0. The van der Waals surface area contributed by atoms with E-state index in [1.165, 1.54) is 15.6 Å². The van der Waals surface area contributed by atoms with Crippen molar-refractivity contribution in [1.82, 2.24) is 5.32 Å². The summed E-state index contributed by atoms with van der Waals surface area (Å²) in [6.45, 7) is 4.73. The van der Waals surface area contributed by atoms with E-state index in [0.717, 1.165) is 32.1 Å². The van der Waals surface area contributed by atoms with Gasteiger partial charge in [-0.1, -0.05) is 35.3 Å². The molecule has 0 heterocycles. The van der Waals surface area contributed by atoms with Crippen LogP contribution in [0.2, 0.25) is 0 Å². The molecular formula is C16H24BrNO. The number of aryl methyl sites for hydroxylation is 1. The first-order chi connectivity index (χ1) is 9.00. The summed E-state index contributed by atoms with van der Waals surface area (Å²) < 4.78 is 1.17. The Balaban J connectivity index is 1.90. The number of hydrogen-bond donors (Lipinski definition) is 2. The molecule has 2 nitrogen and oxygen atoms in total. The Hall–Kier alpha value is -0.380. The summed E-state index contributed by atoms with van der Waals surface area (Å²) >= 11 is 3.53. The van der Waals surface area contributed by atoms with E-state index in [-0.39, 0.29) is 0 Å². The molecule has 2 unspecified atom stereocenters. The molecule has 3 heteroatoms. The van der Waals surface area contributed by atoms with Crippen LogP contribution in [0.25, 0.3) is 0 Å². The first-order valence-electron chi connectivity index (χ1n) is 7.23. The molecule has 2 rings (SSSR count). The van der Waals surface area contributed by atoms with Crippen LogP contribution in [0.1, 0.15) is 44.2 Å². The Bertz CT molecular complexity index is 431. The van der Waals surface area contributed by atoms with Crippen LogP contribution in [0.5, 0.6) is 0 Å². The summed E-state index contributed by atoms with van der Waals surface area (Å²) in [6, 6.07) is 7.07. The van der Waals surface area contributed by atoms with Crippen molar-refractivity contribution in [3.05, 3.63) is 33.8 Å². The zero-order chi connectivity index (χ0) is 13.9. The number of rotatable bonds is 5. The van der Waals surface area contributed by atoms with E-state index in [0.29, 0.717) is 12.6 Å². The molecule has 0 radical (unpaired) electrons. The monoisotopic (exact) mass is 325 g/mol. The minimum atomic E-state index is -0.575. The van der Waals surface area contributed by atoms with Gasteiger partial charge >= 0.3 is 0 Å². The molecule has 0 fully saturated rings. The molecular weight excluding hydrogens is 302 g/mol. The molecule has 2 N–H and O–H groups in total. The highest BCUT2D eigenvalue weighted by Gasteiger charge is 2.23. The van der Waals surface area contributed by atoms with Gasteiger partial charge in [-0.15, -0.1) is 0 Å². The first-order valence-corrected chi connectivity index (χ1v) is 8.02. The van der Waals surface area contributed by atoms with Crippen molar-refractivity contribution in [2.45, 2.75) is 57.6 Å². The third kappa shape index (κ3) is 4.30. The van der Waals surface area contributed by atoms with Crippen molar-refractivity contribution in [2.24, 2.45) is 0 Å². The van der Waals surface area contributed by atoms with E-state index >= 15 is 0 Å². The fourth-order valence-corrected chi connectivity index (χ4v) is 3.30. The summed E-state index contributed by atoms with van der Waals surface area (Å²) in [5.41, 5.74) is 2.34. The van der Waals surface area contributed by atoms with Crippen molar-refractivity contribution in [3.63, 3.8) is 0 Å².